The van der Waals surface area contributed by atoms with E-state index in [0.29, 0.717) is 0 Å². The van der Waals surface area contributed by atoms with Crippen LogP contribution >= 0.6 is 0 Å². The quantitative estimate of drug-likeness (QED) is 0.484. The van der Waals surface area contributed by atoms with Crippen molar-refractivity contribution in [2.75, 3.05) is 6.54 Å². The highest BCUT2D eigenvalue weighted by Crippen LogP contribution is 2.20. The second-order valence-electron chi connectivity index (χ2n) is 5.08. The number of aliphatic hydroxyl groups excluding tert-OH is 3. The van der Waals surface area contributed by atoms with Crippen LogP contribution in [0, 0.1) is 0 Å². The van der Waals surface area contributed by atoms with E-state index in [1.54, 1.807) is 7.05 Å². The van der Waals surface area contributed by atoms with Gasteiger partial charge in [-0.1, -0.05) is 0 Å². The summed E-state index contributed by atoms with van der Waals surface area (Å²) in [6, 6.07) is 0. The van der Waals surface area contributed by atoms with Crippen LogP contribution in [0.5, 0.6) is 0 Å². The number of aliphatic hydroxyl groups is 3. The van der Waals surface area contributed by atoms with Gasteiger partial charge in [-0.25, -0.2) is 18.1 Å². The first-order valence-electron chi connectivity index (χ1n) is 6.39. The first-order valence-corrected chi connectivity index (χ1v) is 7.88. The molecule has 4 N–H and O–H groups in total. The summed E-state index contributed by atoms with van der Waals surface area (Å²) in [5.74, 6) is 0. The molecule has 0 amide bonds. The molecule has 3 unspecified atom stereocenters. The minimum absolute atomic E-state index is 0.149. The van der Waals surface area contributed by atoms with Crippen LogP contribution in [0.2, 0.25) is 0 Å². The summed E-state index contributed by atoms with van der Waals surface area (Å²) in [5.41, 5.74) is 0. The average Bonchev–Trinajstić information content (AvgIpc) is 2.86. The van der Waals surface area contributed by atoms with Crippen LogP contribution in [0.15, 0.2) is 17.6 Å². The van der Waals surface area contributed by atoms with E-state index in [0.717, 1.165) is 0 Å². The third-order valence-corrected chi connectivity index (χ3v) is 4.69. The molecule has 2 rings (SSSR count). The highest BCUT2D eigenvalue weighted by molar-refractivity contribution is 7.89. The summed E-state index contributed by atoms with van der Waals surface area (Å²) in [5, 5.41) is 28.9. The van der Waals surface area contributed by atoms with Gasteiger partial charge in [0.05, 0.1) is 12.4 Å². The molecule has 0 saturated carbocycles. The van der Waals surface area contributed by atoms with Gasteiger partial charge >= 0.3 is 0 Å². The molecule has 120 valence electrons. The molecule has 1 aliphatic rings. The molecule has 1 fully saturated rings. The minimum Gasteiger partial charge on any atom is -0.388 e. The fourth-order valence-electron chi connectivity index (χ4n) is 2.10. The Bertz CT molecular complexity index is 589. The molecule has 0 aliphatic carbocycles. The Hall–Kier alpha value is -1.04. The van der Waals surface area contributed by atoms with Crippen molar-refractivity contribution in [1.82, 2.24) is 14.3 Å². The summed E-state index contributed by atoms with van der Waals surface area (Å²) in [7, 11) is -2.19. The van der Waals surface area contributed by atoms with Gasteiger partial charge in [-0.05, 0) is 6.92 Å². The predicted molar refractivity (Wildman–Crippen MR) is 70.8 cm³/mol. The number of aromatic nitrogens is 2. The number of nitrogens with one attached hydrogen (secondary N) is 1. The fourth-order valence-corrected chi connectivity index (χ4v) is 3.12. The maximum Gasteiger partial charge on any atom is 0.259 e. The highest BCUT2D eigenvalue weighted by Gasteiger charge is 2.41. The summed E-state index contributed by atoms with van der Waals surface area (Å²) >= 11 is 0. The average molecular weight is 321 g/mol. The third kappa shape index (κ3) is 3.42. The maximum absolute atomic E-state index is 12.0. The Labute approximate surface area is 122 Å². The molecule has 0 bridgehead atoms. The number of aryl methyl sites for hydroxylation is 1. The van der Waals surface area contributed by atoms with E-state index in [1.165, 1.54) is 24.0 Å². The first kappa shape index (κ1) is 16.3. The monoisotopic (exact) mass is 321 g/mol. The van der Waals surface area contributed by atoms with Gasteiger partial charge in [0.2, 0.25) is 0 Å². The largest absolute Gasteiger partial charge is 0.388 e. The second kappa shape index (κ2) is 5.99. The zero-order valence-corrected chi connectivity index (χ0v) is 12.4. The van der Waals surface area contributed by atoms with Crippen molar-refractivity contribution in [1.29, 1.82) is 0 Å². The van der Waals surface area contributed by atoms with Crippen molar-refractivity contribution >= 4 is 10.0 Å². The Balaban J connectivity index is 2.02. The molecule has 9 nitrogen and oxygen atoms in total. The van der Waals surface area contributed by atoms with Gasteiger partial charge in [0, 0.05) is 19.8 Å². The molecule has 1 saturated heterocycles. The molecule has 0 aromatic carbocycles. The van der Waals surface area contributed by atoms with Gasteiger partial charge in [-0.15, -0.1) is 0 Å². The lowest BCUT2D eigenvalue weighted by molar-refractivity contribution is -0.214. The van der Waals surface area contributed by atoms with E-state index >= 15 is 0 Å². The van der Waals surface area contributed by atoms with Crippen LogP contribution in [0.25, 0.3) is 0 Å². The molecule has 0 radical (unpaired) electrons. The highest BCUT2D eigenvalue weighted by atomic mass is 32.2. The normalized spacial score (nSPS) is 34.0. The van der Waals surface area contributed by atoms with E-state index in [1.807, 2.05) is 0 Å². The number of hydrogen-bond donors (Lipinski definition) is 4. The van der Waals surface area contributed by atoms with Crippen molar-refractivity contribution in [2.24, 2.45) is 7.05 Å². The number of imidazole rings is 1. The van der Waals surface area contributed by atoms with Gasteiger partial charge < -0.3 is 24.6 Å². The van der Waals surface area contributed by atoms with Crippen molar-refractivity contribution in [3.05, 3.63) is 12.5 Å². The lowest BCUT2D eigenvalue weighted by Gasteiger charge is -2.39. The molecule has 1 aliphatic heterocycles. The standard InChI is InChI=1S/C11H19N3O6S/c1-6-9(15)11(17)10(16)7(20-6)3-13-21(18,19)8-4-14(2)5-12-8/h4-7,9-11,13,15-17H,3H2,1-2H3/t6?,7-,9-,10?,11?/m1/s1. The third-order valence-electron chi connectivity index (χ3n) is 3.38. The smallest absolute Gasteiger partial charge is 0.259 e. The van der Waals surface area contributed by atoms with E-state index < -0.39 is 40.5 Å². The fraction of sp³-hybridized carbons (Fsp3) is 0.727. The summed E-state index contributed by atoms with van der Waals surface area (Å²) < 4.78 is 33.0. The molecular formula is C11H19N3O6S. The SMILES string of the molecule is CC1O[C@H](CNS(=O)(=O)c2cn(C)cn2)C(O)C(O)[C@@H]1O. The van der Waals surface area contributed by atoms with Crippen LogP contribution < -0.4 is 4.72 Å². The summed E-state index contributed by atoms with van der Waals surface area (Å²) in [6.45, 7) is 1.29. The van der Waals surface area contributed by atoms with Crippen LogP contribution in [0.4, 0.5) is 0 Å². The molecule has 5 atom stereocenters. The molecular weight excluding hydrogens is 302 g/mol. The second-order valence-corrected chi connectivity index (χ2v) is 6.79. The number of rotatable bonds is 4. The Morgan fingerprint density at radius 3 is 2.57 bits per heavy atom. The molecule has 10 heteroatoms. The van der Waals surface area contributed by atoms with E-state index in [4.69, 9.17) is 4.74 Å². The molecule has 0 spiro atoms. The van der Waals surface area contributed by atoms with Crippen molar-refractivity contribution in [3.63, 3.8) is 0 Å². The first-order chi connectivity index (χ1) is 9.72. The zero-order chi connectivity index (χ0) is 15.8. The van der Waals surface area contributed by atoms with Gasteiger partial charge in [0.15, 0.2) is 5.03 Å². The minimum atomic E-state index is -3.83. The van der Waals surface area contributed by atoms with Crippen molar-refractivity contribution in [3.8, 4) is 0 Å². The Morgan fingerprint density at radius 2 is 2.00 bits per heavy atom. The van der Waals surface area contributed by atoms with Gasteiger partial charge in [-0.3, -0.25) is 0 Å². The summed E-state index contributed by atoms with van der Waals surface area (Å²) in [6.07, 6.45) is -2.99. The molecule has 1 aromatic rings. The van der Waals surface area contributed by atoms with Crippen LogP contribution in [0.3, 0.4) is 0 Å². The summed E-state index contributed by atoms with van der Waals surface area (Å²) in [4.78, 5) is 3.73. The Morgan fingerprint density at radius 1 is 1.33 bits per heavy atom. The van der Waals surface area contributed by atoms with Crippen molar-refractivity contribution in [2.45, 2.75) is 42.5 Å². The number of hydrogen-bond acceptors (Lipinski definition) is 7. The lowest BCUT2D eigenvalue weighted by atomic mass is 9.96. The van der Waals surface area contributed by atoms with Crippen LogP contribution in [-0.2, 0) is 21.8 Å². The maximum atomic E-state index is 12.0. The van der Waals surface area contributed by atoms with E-state index in [-0.39, 0.29) is 11.6 Å². The topological polar surface area (TPSA) is 134 Å². The van der Waals surface area contributed by atoms with Crippen LogP contribution in [0.1, 0.15) is 6.92 Å². The number of nitrogens with zero attached hydrogens (tertiary/aromatic N) is 2. The number of ether oxygens (including phenoxy) is 1. The molecule has 2 heterocycles. The van der Waals surface area contributed by atoms with E-state index in [9.17, 15) is 23.7 Å². The van der Waals surface area contributed by atoms with Gasteiger partial charge in [0.25, 0.3) is 10.0 Å². The number of sulfonamides is 1. The zero-order valence-electron chi connectivity index (χ0n) is 11.6. The van der Waals surface area contributed by atoms with E-state index in [2.05, 4.69) is 9.71 Å². The van der Waals surface area contributed by atoms with Crippen molar-refractivity contribution < 1.29 is 28.5 Å². The predicted octanol–water partition coefficient (Wildman–Crippen LogP) is -2.43. The lowest BCUT2D eigenvalue weighted by Crippen LogP contribution is -2.59. The van der Waals surface area contributed by atoms with Gasteiger partial charge in [-0.2, -0.15) is 0 Å². The van der Waals surface area contributed by atoms with Crippen LogP contribution in [-0.4, -0.2) is 70.4 Å². The molecule has 21 heavy (non-hydrogen) atoms. The Kier molecular flexibility index (Phi) is 4.66. The van der Waals surface area contributed by atoms with Gasteiger partial charge in [0.1, 0.15) is 24.4 Å². The molecule has 1 aromatic heterocycles.